The molecular weight excluding hydrogens is 332 g/mol. The summed E-state index contributed by atoms with van der Waals surface area (Å²) in [6.07, 6.45) is 1.12. The molecular formula is C13H18BrClN2O2. The number of halogens is 2. The third kappa shape index (κ3) is 4.37. The zero-order chi connectivity index (χ0) is 13.0. The minimum atomic E-state index is -0.0775. The Hall–Kier alpha value is -0.780. The molecule has 2 N–H and O–H groups in total. The van der Waals surface area contributed by atoms with Gasteiger partial charge in [0, 0.05) is 11.0 Å². The van der Waals surface area contributed by atoms with E-state index in [1.807, 2.05) is 6.07 Å². The molecule has 1 aromatic rings. The van der Waals surface area contributed by atoms with Gasteiger partial charge in [-0.2, -0.15) is 0 Å². The Morgan fingerprint density at radius 1 is 1.58 bits per heavy atom. The fourth-order valence-corrected chi connectivity index (χ4v) is 2.41. The van der Waals surface area contributed by atoms with Crippen LogP contribution in [0.2, 0.25) is 0 Å². The van der Waals surface area contributed by atoms with Crippen LogP contribution >= 0.6 is 28.3 Å². The van der Waals surface area contributed by atoms with Crippen LogP contribution in [0, 0.1) is 5.92 Å². The van der Waals surface area contributed by atoms with Gasteiger partial charge in [-0.15, -0.1) is 12.4 Å². The van der Waals surface area contributed by atoms with E-state index in [-0.39, 0.29) is 18.3 Å². The predicted octanol–water partition coefficient (Wildman–Crippen LogP) is 2.22. The summed E-state index contributed by atoms with van der Waals surface area (Å²) in [4.78, 5) is 12.1. The number of ether oxygens (including phenoxy) is 1. The second kappa shape index (κ2) is 7.72. The molecule has 106 valence electrons. The van der Waals surface area contributed by atoms with Crippen LogP contribution in [-0.4, -0.2) is 32.7 Å². The molecule has 1 atom stereocenters. The Morgan fingerprint density at radius 3 is 3.00 bits per heavy atom. The van der Waals surface area contributed by atoms with Crippen LogP contribution in [-0.2, 0) is 0 Å². The molecule has 0 bridgehead atoms. The van der Waals surface area contributed by atoms with E-state index in [1.165, 1.54) is 0 Å². The molecule has 0 radical (unpaired) electrons. The molecule has 0 spiro atoms. The van der Waals surface area contributed by atoms with E-state index >= 15 is 0 Å². The predicted molar refractivity (Wildman–Crippen MR) is 81.3 cm³/mol. The van der Waals surface area contributed by atoms with Crippen molar-refractivity contribution < 1.29 is 9.53 Å². The Kier molecular flexibility index (Phi) is 6.62. The van der Waals surface area contributed by atoms with Crippen molar-refractivity contribution in [2.24, 2.45) is 5.92 Å². The molecule has 6 heteroatoms. The third-order valence-electron chi connectivity index (χ3n) is 3.12. The molecule has 19 heavy (non-hydrogen) atoms. The summed E-state index contributed by atoms with van der Waals surface area (Å²) >= 11 is 3.36. The lowest BCUT2D eigenvalue weighted by Crippen LogP contribution is -2.30. The van der Waals surface area contributed by atoms with Crippen molar-refractivity contribution in [3.63, 3.8) is 0 Å². The summed E-state index contributed by atoms with van der Waals surface area (Å²) in [6, 6.07) is 5.41. The van der Waals surface area contributed by atoms with Gasteiger partial charge in [-0.05, 0) is 43.6 Å². The summed E-state index contributed by atoms with van der Waals surface area (Å²) < 4.78 is 6.11. The van der Waals surface area contributed by atoms with Crippen molar-refractivity contribution in [1.29, 1.82) is 0 Å². The summed E-state index contributed by atoms with van der Waals surface area (Å²) in [7, 11) is 1.57. The lowest BCUT2D eigenvalue weighted by atomic mass is 10.1. The standard InChI is InChI=1S/C13H17BrN2O2.ClH/c1-18-12-6-10(14)2-3-11(12)13(17)16-8-9-4-5-15-7-9;/h2-3,6,9,15H,4-5,7-8H2,1H3,(H,16,17);1H. The van der Waals surface area contributed by atoms with Gasteiger partial charge in [-0.25, -0.2) is 0 Å². The number of rotatable bonds is 4. The van der Waals surface area contributed by atoms with Crippen LogP contribution in [0.4, 0.5) is 0 Å². The normalized spacial score (nSPS) is 17.7. The van der Waals surface area contributed by atoms with E-state index in [0.29, 0.717) is 23.8 Å². The van der Waals surface area contributed by atoms with E-state index in [9.17, 15) is 4.79 Å². The Morgan fingerprint density at radius 2 is 2.37 bits per heavy atom. The molecule has 1 aromatic carbocycles. The van der Waals surface area contributed by atoms with Gasteiger partial charge in [0.25, 0.3) is 5.91 Å². The maximum atomic E-state index is 12.1. The molecule has 0 saturated carbocycles. The van der Waals surface area contributed by atoms with E-state index in [2.05, 4.69) is 26.6 Å². The molecule has 2 rings (SSSR count). The second-order valence-corrected chi connectivity index (χ2v) is 5.33. The van der Waals surface area contributed by atoms with Crippen molar-refractivity contribution in [3.8, 4) is 5.75 Å². The monoisotopic (exact) mass is 348 g/mol. The molecule has 1 aliphatic heterocycles. The van der Waals surface area contributed by atoms with Crippen molar-refractivity contribution in [1.82, 2.24) is 10.6 Å². The highest BCUT2D eigenvalue weighted by atomic mass is 79.9. The lowest BCUT2D eigenvalue weighted by Gasteiger charge is -2.12. The van der Waals surface area contributed by atoms with Gasteiger partial charge in [0.15, 0.2) is 0 Å². The fourth-order valence-electron chi connectivity index (χ4n) is 2.07. The zero-order valence-corrected chi connectivity index (χ0v) is 13.1. The number of hydrogen-bond donors (Lipinski definition) is 2. The highest BCUT2D eigenvalue weighted by Gasteiger charge is 2.17. The molecule has 1 saturated heterocycles. The fraction of sp³-hybridized carbons (Fsp3) is 0.462. The Bertz CT molecular complexity index is 437. The molecule has 1 aliphatic rings. The minimum Gasteiger partial charge on any atom is -0.496 e. The van der Waals surface area contributed by atoms with Crippen molar-refractivity contribution in [2.75, 3.05) is 26.7 Å². The summed E-state index contributed by atoms with van der Waals surface area (Å²) in [6.45, 7) is 2.74. The number of hydrogen-bond acceptors (Lipinski definition) is 3. The van der Waals surface area contributed by atoms with Crippen LogP contribution in [0.3, 0.4) is 0 Å². The van der Waals surface area contributed by atoms with Crippen molar-refractivity contribution in [3.05, 3.63) is 28.2 Å². The summed E-state index contributed by atoms with van der Waals surface area (Å²) in [5, 5.41) is 6.24. The first-order valence-corrected chi connectivity index (χ1v) is 6.82. The Balaban J connectivity index is 0.00000180. The average Bonchev–Trinajstić information content (AvgIpc) is 2.88. The van der Waals surface area contributed by atoms with Crippen LogP contribution in [0.1, 0.15) is 16.8 Å². The zero-order valence-electron chi connectivity index (χ0n) is 10.7. The van der Waals surface area contributed by atoms with Gasteiger partial charge < -0.3 is 15.4 Å². The number of methoxy groups -OCH3 is 1. The average molecular weight is 350 g/mol. The van der Waals surface area contributed by atoms with E-state index in [4.69, 9.17) is 4.74 Å². The first-order valence-electron chi connectivity index (χ1n) is 6.03. The molecule has 1 unspecified atom stereocenters. The minimum absolute atomic E-state index is 0. The van der Waals surface area contributed by atoms with Crippen LogP contribution < -0.4 is 15.4 Å². The number of benzene rings is 1. The van der Waals surface area contributed by atoms with Crippen LogP contribution in [0.15, 0.2) is 22.7 Å². The van der Waals surface area contributed by atoms with E-state index < -0.39 is 0 Å². The topological polar surface area (TPSA) is 50.4 Å². The first-order chi connectivity index (χ1) is 8.70. The smallest absolute Gasteiger partial charge is 0.255 e. The molecule has 0 aliphatic carbocycles. The summed E-state index contributed by atoms with van der Waals surface area (Å²) in [5.41, 5.74) is 0.576. The number of carbonyl (C=O) groups is 1. The van der Waals surface area contributed by atoms with Gasteiger partial charge in [0.05, 0.1) is 12.7 Å². The van der Waals surface area contributed by atoms with E-state index in [1.54, 1.807) is 19.2 Å². The van der Waals surface area contributed by atoms with Crippen molar-refractivity contribution in [2.45, 2.75) is 6.42 Å². The molecule has 4 nitrogen and oxygen atoms in total. The molecule has 1 fully saturated rings. The highest BCUT2D eigenvalue weighted by Crippen LogP contribution is 2.23. The lowest BCUT2D eigenvalue weighted by molar-refractivity contribution is 0.0945. The van der Waals surface area contributed by atoms with Gasteiger partial charge in [-0.3, -0.25) is 4.79 Å². The Labute approximate surface area is 127 Å². The first kappa shape index (κ1) is 16.3. The second-order valence-electron chi connectivity index (χ2n) is 4.41. The van der Waals surface area contributed by atoms with Gasteiger partial charge in [0.2, 0.25) is 0 Å². The third-order valence-corrected chi connectivity index (χ3v) is 3.62. The largest absolute Gasteiger partial charge is 0.496 e. The molecule has 1 amide bonds. The number of carbonyl (C=O) groups excluding carboxylic acids is 1. The number of amides is 1. The van der Waals surface area contributed by atoms with Crippen LogP contribution in [0.25, 0.3) is 0 Å². The van der Waals surface area contributed by atoms with Crippen molar-refractivity contribution >= 4 is 34.2 Å². The number of nitrogens with one attached hydrogen (secondary N) is 2. The summed E-state index contributed by atoms with van der Waals surface area (Å²) in [5.74, 6) is 1.05. The molecule has 1 heterocycles. The SMILES string of the molecule is COc1cc(Br)ccc1C(=O)NCC1CCNC1.Cl. The highest BCUT2D eigenvalue weighted by molar-refractivity contribution is 9.10. The maximum Gasteiger partial charge on any atom is 0.255 e. The van der Waals surface area contributed by atoms with E-state index in [0.717, 1.165) is 24.0 Å². The maximum absolute atomic E-state index is 12.1. The van der Waals surface area contributed by atoms with Crippen LogP contribution in [0.5, 0.6) is 5.75 Å². The quantitative estimate of drug-likeness (QED) is 0.876. The van der Waals surface area contributed by atoms with Gasteiger partial charge in [-0.1, -0.05) is 15.9 Å². The van der Waals surface area contributed by atoms with Gasteiger partial charge in [0.1, 0.15) is 5.75 Å². The van der Waals surface area contributed by atoms with Gasteiger partial charge >= 0.3 is 0 Å². The molecule has 0 aromatic heterocycles.